The van der Waals surface area contributed by atoms with Crippen LogP contribution in [0.15, 0.2) is 36.5 Å². The van der Waals surface area contributed by atoms with Gasteiger partial charge in [0.1, 0.15) is 6.61 Å². The maximum absolute atomic E-state index is 12.8. The highest BCUT2D eigenvalue weighted by Gasteiger charge is 2.31. The van der Waals surface area contributed by atoms with Crippen molar-refractivity contribution in [1.29, 1.82) is 0 Å². The van der Waals surface area contributed by atoms with Crippen molar-refractivity contribution in [3.05, 3.63) is 36.5 Å². The molecule has 0 saturated carbocycles. The van der Waals surface area contributed by atoms with Gasteiger partial charge in [-0.1, -0.05) is 249 Å². The summed E-state index contributed by atoms with van der Waals surface area (Å²) in [6, 6.07) is -0.615. The first-order chi connectivity index (χ1) is 33.6. The standard InChI is InChI=1S/C61H113NO7/c1-6-8-10-12-14-16-18-20-22-24-26-28-30-32-33-35-37-39-41-43-45-47-49-51-59(63)68-56-57(55-67-54-53-58(61(65)66)62(3,4)5)69-60(64)52-50-48-46-44-42-40-38-36-34-31-29-27-25-23-21-19-17-15-13-11-9-7-2/h15,17,21,23,27,29,57-58H,6-14,16,18-20,22,24-26,28,30-56H2,1-5H3/p+1/b17-15+,23-21+,29-27+. The lowest BCUT2D eigenvalue weighted by atomic mass is 10.0. The van der Waals surface area contributed by atoms with Crippen molar-refractivity contribution < 1.29 is 38.2 Å². The van der Waals surface area contributed by atoms with Gasteiger partial charge in [-0.2, -0.15) is 0 Å². The zero-order valence-electron chi connectivity index (χ0n) is 46.3. The van der Waals surface area contributed by atoms with Gasteiger partial charge in [0.2, 0.25) is 0 Å². The number of ether oxygens (including phenoxy) is 3. The molecule has 0 bridgehead atoms. The smallest absolute Gasteiger partial charge is 0.362 e. The SMILES string of the molecule is CCCCC/C=C/C/C=C/C/C=C/CCCCCCCCCCCC(=O)OC(COCCC(C(=O)O)[N+](C)(C)C)COC(=O)CCCCCCCCCCCCCCCCCCCCCCCCC. The minimum Gasteiger partial charge on any atom is -0.477 e. The number of likely N-dealkylation sites (N-methyl/N-ethyl adjacent to an activating group) is 1. The molecule has 0 aromatic carbocycles. The summed E-state index contributed by atoms with van der Waals surface area (Å²) in [5.41, 5.74) is 0. The average molecular weight is 974 g/mol. The van der Waals surface area contributed by atoms with E-state index in [1.54, 1.807) is 0 Å². The van der Waals surface area contributed by atoms with E-state index in [-0.39, 0.29) is 36.2 Å². The van der Waals surface area contributed by atoms with Gasteiger partial charge >= 0.3 is 17.9 Å². The molecular formula is C61H114NO7+. The molecule has 0 saturated heterocycles. The molecule has 8 nitrogen and oxygen atoms in total. The van der Waals surface area contributed by atoms with Crippen molar-refractivity contribution in [2.45, 2.75) is 296 Å². The predicted molar refractivity (Wildman–Crippen MR) is 294 cm³/mol. The van der Waals surface area contributed by atoms with Crippen LogP contribution in [0.25, 0.3) is 0 Å². The number of esters is 2. The summed E-state index contributed by atoms with van der Waals surface area (Å²) in [4.78, 5) is 37.3. The minimum atomic E-state index is -0.872. The van der Waals surface area contributed by atoms with Crippen molar-refractivity contribution in [3.63, 3.8) is 0 Å². The molecule has 0 aliphatic carbocycles. The Kier molecular flexibility index (Phi) is 50.0. The van der Waals surface area contributed by atoms with Gasteiger partial charge in [0, 0.05) is 19.3 Å². The van der Waals surface area contributed by atoms with Crippen LogP contribution in [0.5, 0.6) is 0 Å². The van der Waals surface area contributed by atoms with Crippen LogP contribution >= 0.6 is 0 Å². The van der Waals surface area contributed by atoms with E-state index in [1.165, 1.54) is 193 Å². The Bertz CT molecular complexity index is 1220. The van der Waals surface area contributed by atoms with E-state index in [2.05, 4.69) is 50.3 Å². The zero-order valence-corrected chi connectivity index (χ0v) is 46.3. The Morgan fingerprint density at radius 2 is 0.768 bits per heavy atom. The van der Waals surface area contributed by atoms with Crippen LogP contribution in [0.4, 0.5) is 0 Å². The number of hydrogen-bond acceptors (Lipinski definition) is 6. The summed E-state index contributed by atoms with van der Waals surface area (Å²) in [5.74, 6) is -1.45. The Labute approximate surface area is 427 Å². The van der Waals surface area contributed by atoms with E-state index in [4.69, 9.17) is 14.2 Å². The van der Waals surface area contributed by atoms with Gasteiger partial charge in [-0.05, 0) is 51.4 Å². The molecule has 0 aliphatic heterocycles. The molecule has 0 heterocycles. The van der Waals surface area contributed by atoms with Crippen LogP contribution in [0.2, 0.25) is 0 Å². The monoisotopic (exact) mass is 973 g/mol. The molecule has 0 radical (unpaired) electrons. The number of hydrogen-bond donors (Lipinski definition) is 1. The lowest BCUT2D eigenvalue weighted by molar-refractivity contribution is -0.887. The van der Waals surface area contributed by atoms with Gasteiger partial charge in [0.15, 0.2) is 12.1 Å². The lowest BCUT2D eigenvalue weighted by Gasteiger charge is -2.31. The quantitative estimate of drug-likeness (QED) is 0.0280. The van der Waals surface area contributed by atoms with E-state index in [1.807, 2.05) is 21.1 Å². The van der Waals surface area contributed by atoms with Gasteiger partial charge in [-0.25, -0.2) is 4.79 Å². The van der Waals surface area contributed by atoms with E-state index < -0.39 is 18.1 Å². The van der Waals surface area contributed by atoms with Crippen LogP contribution in [0.3, 0.4) is 0 Å². The molecule has 0 aliphatic rings. The molecule has 0 aromatic heterocycles. The number of carboxylic acids is 1. The average Bonchev–Trinajstić information content (AvgIpc) is 3.31. The summed E-state index contributed by atoms with van der Waals surface area (Å²) < 4.78 is 17.4. The molecule has 8 heteroatoms. The second-order valence-electron chi connectivity index (χ2n) is 21.3. The maximum atomic E-state index is 12.8. The summed E-state index contributed by atoms with van der Waals surface area (Å²) in [5, 5.41) is 9.68. The second-order valence-corrected chi connectivity index (χ2v) is 21.3. The fourth-order valence-electron chi connectivity index (χ4n) is 8.98. The molecule has 2 unspecified atom stereocenters. The van der Waals surface area contributed by atoms with Gasteiger partial charge in [0.25, 0.3) is 0 Å². The highest BCUT2D eigenvalue weighted by atomic mass is 16.6. The first-order valence-electron chi connectivity index (χ1n) is 29.5. The predicted octanol–water partition coefficient (Wildman–Crippen LogP) is 17.7. The number of carbonyl (C=O) groups is 3. The van der Waals surface area contributed by atoms with Gasteiger partial charge in [-0.3, -0.25) is 9.59 Å². The number of nitrogens with zero attached hydrogens (tertiary/aromatic N) is 1. The second kappa shape index (κ2) is 51.9. The third-order valence-electron chi connectivity index (χ3n) is 13.5. The number of quaternary nitrogens is 1. The molecule has 404 valence electrons. The largest absolute Gasteiger partial charge is 0.477 e. The van der Waals surface area contributed by atoms with Crippen molar-refractivity contribution in [3.8, 4) is 0 Å². The summed E-state index contributed by atoms with van der Waals surface area (Å²) >= 11 is 0. The molecule has 2 atom stereocenters. The van der Waals surface area contributed by atoms with Crippen molar-refractivity contribution in [2.24, 2.45) is 0 Å². The molecule has 1 N–H and O–H groups in total. The molecule has 0 aromatic rings. The number of carboxylic acid groups (broad SMARTS) is 1. The summed E-state index contributed by atoms with van der Waals surface area (Å²) in [7, 11) is 5.55. The van der Waals surface area contributed by atoms with Crippen LogP contribution < -0.4 is 0 Å². The number of rotatable bonds is 54. The first kappa shape index (κ1) is 66.6. The van der Waals surface area contributed by atoms with Gasteiger partial charge in [-0.15, -0.1) is 0 Å². The highest BCUT2D eigenvalue weighted by molar-refractivity contribution is 5.72. The van der Waals surface area contributed by atoms with Crippen LogP contribution in [-0.2, 0) is 28.6 Å². The van der Waals surface area contributed by atoms with Crippen LogP contribution in [0.1, 0.15) is 284 Å². The lowest BCUT2D eigenvalue weighted by Crippen LogP contribution is -2.50. The van der Waals surface area contributed by atoms with Gasteiger partial charge in [0.05, 0.1) is 34.4 Å². The number of aliphatic carboxylic acids is 1. The fourth-order valence-corrected chi connectivity index (χ4v) is 8.98. The Hall–Kier alpha value is -2.45. The number of carbonyl (C=O) groups excluding carboxylic acids is 2. The molecule has 0 rings (SSSR count). The molecule has 0 spiro atoms. The fraction of sp³-hybridized carbons (Fsp3) is 0.852. The minimum absolute atomic E-state index is 0.0490. The first-order valence-corrected chi connectivity index (χ1v) is 29.5. The molecule has 0 amide bonds. The zero-order chi connectivity index (χ0) is 50.6. The highest BCUT2D eigenvalue weighted by Crippen LogP contribution is 2.17. The summed E-state index contributed by atoms with van der Waals surface area (Å²) in [6.45, 7) is 4.76. The van der Waals surface area contributed by atoms with Crippen molar-refractivity contribution >= 4 is 17.9 Å². The number of unbranched alkanes of at least 4 members (excludes halogenated alkanes) is 34. The van der Waals surface area contributed by atoms with Crippen molar-refractivity contribution in [1.82, 2.24) is 0 Å². The van der Waals surface area contributed by atoms with E-state index >= 15 is 0 Å². The molecule has 0 fully saturated rings. The Balaban J connectivity index is 4.14. The number of allylic oxidation sites excluding steroid dienone is 6. The van der Waals surface area contributed by atoms with Gasteiger partial charge < -0.3 is 23.8 Å². The third-order valence-corrected chi connectivity index (χ3v) is 13.5. The molecular weight excluding hydrogens is 859 g/mol. The van der Waals surface area contributed by atoms with E-state index in [0.717, 1.165) is 57.8 Å². The summed E-state index contributed by atoms with van der Waals surface area (Å²) in [6.07, 6.45) is 63.5. The normalized spacial score (nSPS) is 13.0. The van der Waals surface area contributed by atoms with E-state index in [0.29, 0.717) is 19.3 Å². The molecule has 69 heavy (non-hydrogen) atoms. The van der Waals surface area contributed by atoms with Crippen LogP contribution in [0, 0.1) is 0 Å². The van der Waals surface area contributed by atoms with Crippen LogP contribution in [-0.4, -0.2) is 80.6 Å². The maximum Gasteiger partial charge on any atom is 0.362 e. The van der Waals surface area contributed by atoms with Crippen molar-refractivity contribution in [2.75, 3.05) is 41.0 Å². The Morgan fingerprint density at radius 1 is 0.435 bits per heavy atom. The topological polar surface area (TPSA) is 99.1 Å². The Morgan fingerprint density at radius 3 is 1.16 bits per heavy atom. The van der Waals surface area contributed by atoms with E-state index in [9.17, 15) is 19.5 Å². The third kappa shape index (κ3) is 50.3.